The van der Waals surface area contributed by atoms with Gasteiger partial charge in [0.2, 0.25) is 5.91 Å². The van der Waals surface area contributed by atoms with Crippen LogP contribution in [0.2, 0.25) is 0 Å². The lowest BCUT2D eigenvalue weighted by atomic mass is 10.0. The molecule has 0 aliphatic carbocycles. The highest BCUT2D eigenvalue weighted by Gasteiger charge is 2.18. The predicted molar refractivity (Wildman–Crippen MR) is 249 cm³/mol. The Kier molecular flexibility index (Phi) is 47.7. The number of aliphatic hydroxyl groups excluding tert-OH is 2. The van der Waals surface area contributed by atoms with Crippen molar-refractivity contribution in [3.05, 3.63) is 12.2 Å². The second kappa shape index (κ2) is 48.5. The van der Waals surface area contributed by atoms with Crippen molar-refractivity contribution in [2.24, 2.45) is 0 Å². The van der Waals surface area contributed by atoms with Crippen molar-refractivity contribution in [1.82, 2.24) is 5.32 Å². The quantitative estimate of drug-likeness (QED) is 0.0425. The zero-order chi connectivity index (χ0) is 40.7. The fourth-order valence-electron chi connectivity index (χ4n) is 8.30. The summed E-state index contributed by atoms with van der Waals surface area (Å²) in [6.07, 6.45) is 62.2. The van der Waals surface area contributed by atoms with Gasteiger partial charge in [0.25, 0.3) is 0 Å². The lowest BCUT2D eigenvalue weighted by Crippen LogP contribution is -2.45. The van der Waals surface area contributed by atoms with Gasteiger partial charge >= 0.3 is 0 Å². The largest absolute Gasteiger partial charge is 0.394 e. The van der Waals surface area contributed by atoms with Gasteiger partial charge in [-0.25, -0.2) is 0 Å². The molecule has 0 heterocycles. The summed E-state index contributed by atoms with van der Waals surface area (Å²) in [7, 11) is 0. The van der Waals surface area contributed by atoms with Crippen LogP contribution in [0.15, 0.2) is 12.2 Å². The first-order valence-corrected chi connectivity index (χ1v) is 25.9. The van der Waals surface area contributed by atoms with Crippen LogP contribution >= 0.6 is 0 Å². The van der Waals surface area contributed by atoms with Crippen LogP contribution in [-0.2, 0) is 4.79 Å². The number of carbonyl (C=O) groups excluding carboxylic acids is 1. The molecular formula is C52H103NO3. The van der Waals surface area contributed by atoms with Crippen molar-refractivity contribution in [3.63, 3.8) is 0 Å². The highest BCUT2D eigenvalue weighted by molar-refractivity contribution is 5.76. The molecule has 56 heavy (non-hydrogen) atoms. The Labute approximate surface area is 352 Å². The maximum Gasteiger partial charge on any atom is 0.220 e. The average molecular weight is 790 g/mol. The number of carbonyl (C=O) groups is 1. The van der Waals surface area contributed by atoms with E-state index in [-0.39, 0.29) is 12.5 Å². The van der Waals surface area contributed by atoms with E-state index in [4.69, 9.17) is 0 Å². The molecule has 0 aromatic heterocycles. The Morgan fingerprint density at radius 1 is 0.411 bits per heavy atom. The molecule has 2 atom stereocenters. The van der Waals surface area contributed by atoms with Gasteiger partial charge in [-0.3, -0.25) is 4.79 Å². The van der Waals surface area contributed by atoms with Crippen molar-refractivity contribution in [2.75, 3.05) is 6.61 Å². The van der Waals surface area contributed by atoms with Crippen LogP contribution in [0.4, 0.5) is 0 Å². The molecule has 0 aromatic rings. The number of unbranched alkanes of at least 4 members (excludes halogenated alkanes) is 41. The number of nitrogens with one attached hydrogen (secondary N) is 1. The van der Waals surface area contributed by atoms with E-state index >= 15 is 0 Å². The van der Waals surface area contributed by atoms with Crippen LogP contribution in [0.25, 0.3) is 0 Å². The third-order valence-corrected chi connectivity index (χ3v) is 12.3. The molecule has 0 aliphatic rings. The summed E-state index contributed by atoms with van der Waals surface area (Å²) in [5, 5.41) is 23.0. The van der Waals surface area contributed by atoms with Crippen LogP contribution in [-0.4, -0.2) is 34.9 Å². The number of rotatable bonds is 48. The lowest BCUT2D eigenvalue weighted by Gasteiger charge is -2.20. The van der Waals surface area contributed by atoms with E-state index in [9.17, 15) is 15.0 Å². The Morgan fingerprint density at radius 3 is 0.929 bits per heavy atom. The second-order valence-electron chi connectivity index (χ2n) is 18.0. The zero-order valence-corrected chi connectivity index (χ0v) is 38.4. The molecule has 0 aliphatic heterocycles. The zero-order valence-electron chi connectivity index (χ0n) is 38.4. The number of hydrogen-bond acceptors (Lipinski definition) is 3. The SMILES string of the molecule is CCCCCCCCCCCCC/C=C/C(O)C(CO)NC(=O)CCCCCCCCCCCCCCCCCCCCCCCCCCCCCCCCC. The van der Waals surface area contributed by atoms with Crippen molar-refractivity contribution < 1.29 is 15.0 Å². The Morgan fingerprint density at radius 2 is 0.661 bits per heavy atom. The van der Waals surface area contributed by atoms with Gasteiger partial charge in [0, 0.05) is 6.42 Å². The van der Waals surface area contributed by atoms with E-state index in [1.54, 1.807) is 6.08 Å². The van der Waals surface area contributed by atoms with Crippen molar-refractivity contribution in [1.29, 1.82) is 0 Å². The third kappa shape index (κ3) is 44.2. The monoisotopic (exact) mass is 790 g/mol. The second-order valence-corrected chi connectivity index (χ2v) is 18.0. The minimum Gasteiger partial charge on any atom is -0.394 e. The molecule has 0 saturated carbocycles. The van der Waals surface area contributed by atoms with Gasteiger partial charge in [0.05, 0.1) is 18.8 Å². The van der Waals surface area contributed by atoms with E-state index in [0.717, 1.165) is 25.7 Å². The van der Waals surface area contributed by atoms with Crippen molar-refractivity contribution >= 4 is 5.91 Å². The lowest BCUT2D eigenvalue weighted by molar-refractivity contribution is -0.123. The van der Waals surface area contributed by atoms with Gasteiger partial charge < -0.3 is 15.5 Å². The molecule has 4 heteroatoms. The summed E-state index contributed by atoms with van der Waals surface area (Å²) in [4.78, 5) is 12.4. The first-order chi connectivity index (χ1) is 27.7. The summed E-state index contributed by atoms with van der Waals surface area (Å²) in [6.45, 7) is 4.33. The van der Waals surface area contributed by atoms with Crippen LogP contribution in [0.1, 0.15) is 296 Å². The highest BCUT2D eigenvalue weighted by Crippen LogP contribution is 2.17. The molecule has 0 spiro atoms. The first kappa shape index (κ1) is 55.1. The van der Waals surface area contributed by atoms with Gasteiger partial charge in [-0.1, -0.05) is 283 Å². The molecule has 4 nitrogen and oxygen atoms in total. The van der Waals surface area contributed by atoms with E-state index < -0.39 is 12.1 Å². The molecule has 1 amide bonds. The fourth-order valence-corrected chi connectivity index (χ4v) is 8.30. The topological polar surface area (TPSA) is 69.6 Å². The summed E-state index contributed by atoms with van der Waals surface area (Å²) in [5.41, 5.74) is 0. The molecule has 0 radical (unpaired) electrons. The number of hydrogen-bond donors (Lipinski definition) is 3. The molecule has 0 saturated heterocycles. The van der Waals surface area contributed by atoms with E-state index in [2.05, 4.69) is 19.2 Å². The van der Waals surface area contributed by atoms with Crippen LogP contribution in [0.3, 0.4) is 0 Å². The Hall–Kier alpha value is -0.870. The van der Waals surface area contributed by atoms with E-state index in [1.165, 1.54) is 250 Å². The smallest absolute Gasteiger partial charge is 0.220 e. The van der Waals surface area contributed by atoms with E-state index in [0.29, 0.717) is 6.42 Å². The average Bonchev–Trinajstić information content (AvgIpc) is 3.20. The summed E-state index contributed by atoms with van der Waals surface area (Å²) in [6, 6.07) is -0.616. The van der Waals surface area contributed by atoms with Gasteiger partial charge in [0.15, 0.2) is 0 Å². The summed E-state index contributed by atoms with van der Waals surface area (Å²) in [5.74, 6) is -0.0581. The van der Waals surface area contributed by atoms with Gasteiger partial charge in [-0.15, -0.1) is 0 Å². The number of aliphatic hydroxyl groups is 2. The van der Waals surface area contributed by atoms with E-state index in [1.807, 2.05) is 6.08 Å². The van der Waals surface area contributed by atoms with Crippen LogP contribution < -0.4 is 5.32 Å². The number of amides is 1. The Bertz CT molecular complexity index is 769. The van der Waals surface area contributed by atoms with Gasteiger partial charge in [0.1, 0.15) is 0 Å². The third-order valence-electron chi connectivity index (χ3n) is 12.3. The Balaban J connectivity index is 3.39. The molecular weight excluding hydrogens is 687 g/mol. The van der Waals surface area contributed by atoms with Crippen molar-refractivity contribution in [3.8, 4) is 0 Å². The highest BCUT2D eigenvalue weighted by atomic mass is 16.3. The minimum absolute atomic E-state index is 0.0581. The first-order valence-electron chi connectivity index (χ1n) is 25.9. The molecule has 3 N–H and O–H groups in total. The van der Waals surface area contributed by atoms with Gasteiger partial charge in [-0.2, -0.15) is 0 Å². The van der Waals surface area contributed by atoms with Gasteiger partial charge in [-0.05, 0) is 19.3 Å². The molecule has 2 unspecified atom stereocenters. The summed E-state index contributed by atoms with van der Waals surface area (Å²) >= 11 is 0. The number of allylic oxidation sites excluding steroid dienone is 1. The predicted octanol–water partition coefficient (Wildman–Crippen LogP) is 16.6. The van der Waals surface area contributed by atoms with Crippen LogP contribution in [0.5, 0.6) is 0 Å². The minimum atomic E-state index is -0.833. The van der Waals surface area contributed by atoms with Crippen molar-refractivity contribution in [2.45, 2.75) is 309 Å². The maximum atomic E-state index is 12.4. The molecule has 0 aromatic carbocycles. The molecule has 0 bridgehead atoms. The normalized spacial score (nSPS) is 12.9. The fraction of sp³-hybridized carbons (Fsp3) is 0.942. The molecule has 0 rings (SSSR count). The summed E-state index contributed by atoms with van der Waals surface area (Å²) < 4.78 is 0. The standard InChI is InChI=1S/C52H103NO3/c1-3-5-7-9-11-13-15-17-18-19-20-21-22-23-24-25-26-27-28-29-30-31-32-33-34-36-38-40-42-44-46-48-52(56)53-50(49-54)51(55)47-45-43-41-39-37-35-16-14-12-10-8-6-4-2/h45,47,50-51,54-55H,3-44,46,48-49H2,1-2H3,(H,53,56)/b47-45+. The van der Waals surface area contributed by atoms with Crippen LogP contribution in [0, 0.1) is 0 Å². The molecule has 0 fully saturated rings. The molecule has 334 valence electrons. The maximum absolute atomic E-state index is 12.4.